The Balaban J connectivity index is 1.69. The second kappa shape index (κ2) is 11.2. The monoisotopic (exact) mass is 470 g/mol. The zero-order chi connectivity index (χ0) is 24.0. The Morgan fingerprint density at radius 2 is 1.67 bits per heavy atom. The molecule has 0 aromatic heterocycles. The molecular weight excluding hydrogens is 440 g/mol. The van der Waals surface area contributed by atoms with E-state index in [4.69, 9.17) is 4.74 Å². The largest absolute Gasteiger partial charge is 0.481 e. The number of rotatable bonds is 10. The molecule has 2 amide bonds. The highest BCUT2D eigenvalue weighted by atomic mass is 32.2. The maximum Gasteiger partial charge on any atom is 0.407 e. The standard InChI is InChI=1S/C25H30N2O5S/c1-4-16(15-33-3)27(2)24(30)22(13-23(28)29)26-25(31)32-14-21-19-11-7-5-9-17(19)18-10-6-8-12-20(18)21/h5-12,16,21-22H,4,13-15H2,1-3H3,(H,26,31)(H,28,29). The number of alkyl carbamates (subject to hydrolysis) is 1. The Hall–Kier alpha value is -3.00. The highest BCUT2D eigenvalue weighted by Crippen LogP contribution is 2.44. The van der Waals surface area contributed by atoms with Crippen LogP contribution in [0, 0.1) is 0 Å². The number of carbonyl (C=O) groups is 3. The lowest BCUT2D eigenvalue weighted by atomic mass is 9.98. The van der Waals surface area contributed by atoms with Gasteiger partial charge in [0.15, 0.2) is 0 Å². The van der Waals surface area contributed by atoms with Crippen LogP contribution in [0.3, 0.4) is 0 Å². The normalized spacial score (nSPS) is 14.0. The van der Waals surface area contributed by atoms with Gasteiger partial charge in [-0.1, -0.05) is 55.5 Å². The fourth-order valence-electron chi connectivity index (χ4n) is 4.28. The van der Waals surface area contributed by atoms with Crippen molar-refractivity contribution in [2.75, 3.05) is 25.7 Å². The summed E-state index contributed by atoms with van der Waals surface area (Å²) < 4.78 is 5.50. The summed E-state index contributed by atoms with van der Waals surface area (Å²) in [6.45, 7) is 2.06. The molecule has 33 heavy (non-hydrogen) atoms. The Morgan fingerprint density at radius 3 is 2.18 bits per heavy atom. The molecule has 0 bridgehead atoms. The summed E-state index contributed by atoms with van der Waals surface area (Å²) >= 11 is 1.61. The summed E-state index contributed by atoms with van der Waals surface area (Å²) in [6, 6.07) is 14.7. The van der Waals surface area contributed by atoms with E-state index in [1.54, 1.807) is 18.8 Å². The average molecular weight is 471 g/mol. The molecule has 8 heteroatoms. The quantitative estimate of drug-likeness (QED) is 0.546. The SMILES string of the molecule is CCC(CSC)N(C)C(=O)C(CC(=O)O)NC(=O)OCC1c2ccccc2-c2ccccc21. The Kier molecular flexibility index (Phi) is 8.38. The molecule has 2 aromatic carbocycles. The van der Waals surface area contributed by atoms with Crippen LogP contribution < -0.4 is 5.32 Å². The van der Waals surface area contributed by atoms with Gasteiger partial charge in [-0.2, -0.15) is 11.8 Å². The number of nitrogens with zero attached hydrogens (tertiary/aromatic N) is 1. The number of likely N-dealkylation sites (N-methyl/N-ethyl adjacent to an activating group) is 1. The van der Waals surface area contributed by atoms with Crippen LogP contribution in [0.5, 0.6) is 0 Å². The number of aliphatic carboxylic acids is 1. The van der Waals surface area contributed by atoms with Gasteiger partial charge in [0.1, 0.15) is 12.6 Å². The minimum atomic E-state index is -1.20. The third kappa shape index (κ3) is 5.68. The fraction of sp³-hybridized carbons (Fsp3) is 0.400. The first kappa shape index (κ1) is 24.6. The van der Waals surface area contributed by atoms with Gasteiger partial charge in [0, 0.05) is 24.8 Å². The minimum Gasteiger partial charge on any atom is -0.481 e. The van der Waals surface area contributed by atoms with Crippen molar-refractivity contribution < 1.29 is 24.2 Å². The third-order valence-corrected chi connectivity index (χ3v) is 6.76. The van der Waals surface area contributed by atoms with Crippen LogP contribution in [0.1, 0.15) is 36.8 Å². The van der Waals surface area contributed by atoms with Crippen LogP contribution in [-0.4, -0.2) is 65.7 Å². The summed E-state index contributed by atoms with van der Waals surface area (Å²) in [5, 5.41) is 11.8. The number of carboxylic acid groups (broad SMARTS) is 1. The zero-order valence-electron chi connectivity index (χ0n) is 19.1. The molecule has 1 aliphatic carbocycles. The van der Waals surface area contributed by atoms with E-state index in [0.717, 1.165) is 34.4 Å². The van der Waals surface area contributed by atoms with Crippen LogP contribution in [-0.2, 0) is 14.3 Å². The molecular formula is C25H30N2O5S. The molecule has 0 saturated heterocycles. The van der Waals surface area contributed by atoms with E-state index in [-0.39, 0.29) is 18.6 Å². The zero-order valence-corrected chi connectivity index (χ0v) is 19.9. The second-order valence-corrected chi connectivity index (χ2v) is 9.00. The number of hydrogen-bond donors (Lipinski definition) is 2. The van der Waals surface area contributed by atoms with Gasteiger partial charge in [-0.05, 0) is 34.9 Å². The number of carbonyl (C=O) groups excluding carboxylic acids is 2. The predicted molar refractivity (Wildman–Crippen MR) is 129 cm³/mol. The van der Waals surface area contributed by atoms with Gasteiger partial charge in [0.2, 0.25) is 5.91 Å². The lowest BCUT2D eigenvalue weighted by Crippen LogP contribution is -2.51. The Morgan fingerprint density at radius 1 is 1.09 bits per heavy atom. The molecule has 0 heterocycles. The van der Waals surface area contributed by atoms with Crippen molar-refractivity contribution in [2.45, 2.75) is 37.8 Å². The summed E-state index contributed by atoms with van der Waals surface area (Å²) in [4.78, 5) is 38.4. The van der Waals surface area contributed by atoms with Crippen molar-refractivity contribution in [3.05, 3.63) is 59.7 Å². The van der Waals surface area contributed by atoms with Gasteiger partial charge in [0.05, 0.1) is 6.42 Å². The number of ether oxygens (including phenoxy) is 1. The predicted octanol–water partition coefficient (Wildman–Crippen LogP) is 3.97. The molecule has 0 spiro atoms. The first-order valence-corrected chi connectivity index (χ1v) is 12.4. The molecule has 2 aromatic rings. The molecule has 1 aliphatic rings. The highest BCUT2D eigenvalue weighted by Gasteiger charge is 2.32. The van der Waals surface area contributed by atoms with Crippen LogP contribution >= 0.6 is 11.8 Å². The maximum atomic E-state index is 13.0. The fourth-order valence-corrected chi connectivity index (χ4v) is 5.12. The Bertz CT molecular complexity index is 966. The Labute approximate surface area is 198 Å². The third-order valence-electron chi connectivity index (χ3n) is 6.04. The van der Waals surface area contributed by atoms with Gasteiger partial charge in [-0.3, -0.25) is 9.59 Å². The average Bonchev–Trinajstić information content (AvgIpc) is 3.13. The second-order valence-electron chi connectivity index (χ2n) is 8.09. The van der Waals surface area contributed by atoms with Crippen molar-refractivity contribution in [3.63, 3.8) is 0 Å². The molecule has 7 nitrogen and oxygen atoms in total. The summed E-state index contributed by atoms with van der Waals surface area (Å²) in [6.07, 6.45) is 1.37. The number of carboxylic acids is 1. The van der Waals surface area contributed by atoms with E-state index >= 15 is 0 Å². The van der Waals surface area contributed by atoms with Crippen molar-refractivity contribution in [2.24, 2.45) is 0 Å². The summed E-state index contributed by atoms with van der Waals surface area (Å²) in [7, 11) is 1.64. The molecule has 0 aliphatic heterocycles. The van der Waals surface area contributed by atoms with Crippen LogP contribution in [0.25, 0.3) is 11.1 Å². The number of hydrogen-bond acceptors (Lipinski definition) is 5. The van der Waals surface area contributed by atoms with E-state index in [1.807, 2.05) is 61.7 Å². The van der Waals surface area contributed by atoms with E-state index in [0.29, 0.717) is 0 Å². The molecule has 2 atom stereocenters. The number of benzene rings is 2. The lowest BCUT2D eigenvalue weighted by Gasteiger charge is -2.30. The first-order chi connectivity index (χ1) is 15.9. The van der Waals surface area contributed by atoms with Gasteiger partial charge < -0.3 is 20.1 Å². The van der Waals surface area contributed by atoms with Crippen LogP contribution in [0.15, 0.2) is 48.5 Å². The van der Waals surface area contributed by atoms with E-state index in [1.165, 1.54) is 4.90 Å². The van der Waals surface area contributed by atoms with Crippen LogP contribution in [0.2, 0.25) is 0 Å². The number of amides is 2. The lowest BCUT2D eigenvalue weighted by molar-refractivity contribution is -0.142. The van der Waals surface area contributed by atoms with E-state index in [2.05, 4.69) is 5.32 Å². The van der Waals surface area contributed by atoms with Crippen molar-refractivity contribution in [1.82, 2.24) is 10.2 Å². The molecule has 0 saturated carbocycles. The molecule has 2 unspecified atom stereocenters. The number of thioether (sulfide) groups is 1. The first-order valence-electron chi connectivity index (χ1n) is 11.0. The number of fused-ring (bicyclic) bond motifs is 3. The van der Waals surface area contributed by atoms with Gasteiger partial charge in [-0.15, -0.1) is 0 Å². The van der Waals surface area contributed by atoms with Gasteiger partial charge in [0.25, 0.3) is 0 Å². The summed E-state index contributed by atoms with van der Waals surface area (Å²) in [5.74, 6) is -1.00. The molecule has 2 N–H and O–H groups in total. The van der Waals surface area contributed by atoms with Gasteiger partial charge >= 0.3 is 12.1 Å². The summed E-state index contributed by atoms with van der Waals surface area (Å²) in [5.41, 5.74) is 4.38. The topological polar surface area (TPSA) is 95.9 Å². The molecule has 0 radical (unpaired) electrons. The van der Waals surface area contributed by atoms with E-state index in [9.17, 15) is 19.5 Å². The molecule has 3 rings (SSSR count). The molecule has 176 valence electrons. The van der Waals surface area contributed by atoms with Crippen molar-refractivity contribution in [1.29, 1.82) is 0 Å². The van der Waals surface area contributed by atoms with Crippen LogP contribution in [0.4, 0.5) is 4.79 Å². The smallest absolute Gasteiger partial charge is 0.407 e. The molecule has 0 fully saturated rings. The van der Waals surface area contributed by atoms with Crippen molar-refractivity contribution in [3.8, 4) is 11.1 Å². The number of nitrogens with one attached hydrogen (secondary N) is 1. The van der Waals surface area contributed by atoms with Crippen molar-refractivity contribution >= 4 is 29.7 Å². The highest BCUT2D eigenvalue weighted by molar-refractivity contribution is 7.98. The minimum absolute atomic E-state index is 0.0480. The van der Waals surface area contributed by atoms with Gasteiger partial charge in [-0.25, -0.2) is 4.79 Å². The maximum absolute atomic E-state index is 13.0. The van der Waals surface area contributed by atoms with E-state index < -0.39 is 30.4 Å².